The molecule has 0 atom stereocenters. The standard InChI is InChI=1S/C12H15NO/c13-6-11(14)12-9-2-7-1-8(4-9)5-10(12)3-7/h7-10,12H,1-5H2. The molecule has 4 aliphatic carbocycles. The van der Waals surface area contributed by atoms with E-state index in [9.17, 15) is 4.79 Å². The maximum Gasteiger partial charge on any atom is 0.235 e. The number of nitriles is 1. The zero-order valence-corrected chi connectivity index (χ0v) is 8.28. The highest BCUT2D eigenvalue weighted by Gasteiger charge is 2.50. The Hall–Kier alpha value is -0.840. The molecule has 4 saturated carbocycles. The van der Waals surface area contributed by atoms with Crippen LogP contribution >= 0.6 is 0 Å². The van der Waals surface area contributed by atoms with Crippen LogP contribution in [0.2, 0.25) is 0 Å². The molecular formula is C12H15NO. The summed E-state index contributed by atoms with van der Waals surface area (Å²) < 4.78 is 0. The number of hydrogen-bond donors (Lipinski definition) is 0. The van der Waals surface area contributed by atoms with Crippen molar-refractivity contribution in [3.8, 4) is 6.07 Å². The predicted octanol–water partition coefficient (Wildman–Crippen LogP) is 2.15. The quantitative estimate of drug-likeness (QED) is 0.593. The van der Waals surface area contributed by atoms with Crippen LogP contribution in [0.15, 0.2) is 0 Å². The molecule has 4 rings (SSSR count). The highest BCUT2D eigenvalue weighted by atomic mass is 16.1. The number of carbonyl (C=O) groups excluding carboxylic acids is 1. The molecular weight excluding hydrogens is 174 g/mol. The molecule has 0 aromatic rings. The second kappa shape index (κ2) is 2.82. The van der Waals surface area contributed by atoms with E-state index in [1.54, 1.807) is 0 Å². The monoisotopic (exact) mass is 189 g/mol. The van der Waals surface area contributed by atoms with Crippen LogP contribution in [0.1, 0.15) is 32.1 Å². The van der Waals surface area contributed by atoms with Gasteiger partial charge in [-0.05, 0) is 55.8 Å². The van der Waals surface area contributed by atoms with Gasteiger partial charge >= 0.3 is 0 Å². The first kappa shape index (κ1) is 8.47. The minimum Gasteiger partial charge on any atom is -0.282 e. The first-order chi connectivity index (χ1) is 6.78. The maximum atomic E-state index is 11.5. The van der Waals surface area contributed by atoms with Crippen LogP contribution in [0.4, 0.5) is 0 Å². The second-order valence-electron chi connectivity index (χ2n) is 5.43. The van der Waals surface area contributed by atoms with Gasteiger partial charge in [-0.15, -0.1) is 0 Å². The van der Waals surface area contributed by atoms with Gasteiger partial charge in [-0.25, -0.2) is 0 Å². The van der Waals surface area contributed by atoms with E-state index in [1.807, 2.05) is 6.07 Å². The van der Waals surface area contributed by atoms with E-state index in [0.717, 1.165) is 11.8 Å². The van der Waals surface area contributed by atoms with Crippen molar-refractivity contribution in [2.45, 2.75) is 32.1 Å². The third-order valence-electron chi connectivity index (χ3n) is 4.64. The van der Waals surface area contributed by atoms with Crippen molar-refractivity contribution in [1.82, 2.24) is 0 Å². The zero-order valence-electron chi connectivity index (χ0n) is 8.28. The lowest BCUT2D eigenvalue weighted by Crippen LogP contribution is -2.47. The van der Waals surface area contributed by atoms with Crippen molar-refractivity contribution in [3.63, 3.8) is 0 Å². The van der Waals surface area contributed by atoms with Crippen LogP contribution in [0.25, 0.3) is 0 Å². The Kier molecular flexibility index (Phi) is 1.71. The third kappa shape index (κ3) is 1.05. The summed E-state index contributed by atoms with van der Waals surface area (Å²) in [5, 5.41) is 8.72. The Morgan fingerprint density at radius 3 is 1.93 bits per heavy atom. The molecule has 0 heterocycles. The van der Waals surface area contributed by atoms with E-state index >= 15 is 0 Å². The largest absolute Gasteiger partial charge is 0.282 e. The summed E-state index contributed by atoms with van der Waals surface area (Å²) in [7, 11) is 0. The van der Waals surface area contributed by atoms with E-state index in [2.05, 4.69) is 0 Å². The molecule has 0 amide bonds. The van der Waals surface area contributed by atoms with Crippen molar-refractivity contribution in [1.29, 1.82) is 5.26 Å². The fraction of sp³-hybridized carbons (Fsp3) is 0.833. The number of nitrogens with zero attached hydrogens (tertiary/aromatic N) is 1. The van der Waals surface area contributed by atoms with Gasteiger partial charge in [-0.1, -0.05) is 0 Å². The van der Waals surface area contributed by atoms with E-state index in [0.29, 0.717) is 11.8 Å². The Labute approximate surface area is 84.3 Å². The molecule has 14 heavy (non-hydrogen) atoms. The Balaban J connectivity index is 1.88. The lowest BCUT2D eigenvalue weighted by atomic mass is 9.51. The number of hydrogen-bond acceptors (Lipinski definition) is 2. The summed E-state index contributed by atoms with van der Waals surface area (Å²) in [5.41, 5.74) is 0. The number of carbonyl (C=O) groups is 1. The fourth-order valence-corrected chi connectivity index (χ4v) is 4.43. The summed E-state index contributed by atoms with van der Waals surface area (Å²) in [6.45, 7) is 0. The predicted molar refractivity (Wildman–Crippen MR) is 51.2 cm³/mol. The molecule has 0 unspecified atom stereocenters. The molecule has 0 aliphatic heterocycles. The maximum absolute atomic E-state index is 11.5. The van der Waals surface area contributed by atoms with Crippen LogP contribution in [0.5, 0.6) is 0 Å². The van der Waals surface area contributed by atoms with E-state index in [-0.39, 0.29) is 11.7 Å². The van der Waals surface area contributed by atoms with Gasteiger partial charge in [0.2, 0.25) is 5.78 Å². The molecule has 2 nitrogen and oxygen atoms in total. The van der Waals surface area contributed by atoms with E-state index in [1.165, 1.54) is 32.1 Å². The molecule has 0 aromatic carbocycles. The van der Waals surface area contributed by atoms with E-state index in [4.69, 9.17) is 5.26 Å². The summed E-state index contributed by atoms with van der Waals surface area (Å²) >= 11 is 0. The van der Waals surface area contributed by atoms with Crippen molar-refractivity contribution in [2.24, 2.45) is 29.6 Å². The minimum atomic E-state index is -0.126. The molecule has 0 radical (unpaired) electrons. The average molecular weight is 189 g/mol. The van der Waals surface area contributed by atoms with Gasteiger partial charge in [0.15, 0.2) is 0 Å². The number of Topliss-reactive ketones (excluding diaryl/α,β-unsaturated/α-hetero) is 1. The van der Waals surface area contributed by atoms with Crippen LogP contribution in [0.3, 0.4) is 0 Å². The second-order valence-corrected chi connectivity index (χ2v) is 5.43. The molecule has 0 aromatic heterocycles. The molecule has 2 heteroatoms. The molecule has 74 valence electrons. The van der Waals surface area contributed by atoms with Gasteiger partial charge in [0, 0.05) is 5.92 Å². The Morgan fingerprint density at radius 2 is 1.50 bits per heavy atom. The number of rotatable bonds is 1. The molecule has 0 saturated heterocycles. The highest BCUT2D eigenvalue weighted by Crippen LogP contribution is 2.56. The van der Waals surface area contributed by atoms with Crippen molar-refractivity contribution < 1.29 is 4.79 Å². The van der Waals surface area contributed by atoms with Crippen molar-refractivity contribution in [2.75, 3.05) is 0 Å². The lowest BCUT2D eigenvalue weighted by Gasteiger charge is -2.53. The van der Waals surface area contributed by atoms with Crippen LogP contribution in [0, 0.1) is 40.9 Å². The fourth-order valence-electron chi connectivity index (χ4n) is 4.43. The molecule has 4 bridgehead atoms. The van der Waals surface area contributed by atoms with Crippen molar-refractivity contribution in [3.05, 3.63) is 0 Å². The Morgan fingerprint density at radius 1 is 1.00 bits per heavy atom. The highest BCUT2D eigenvalue weighted by molar-refractivity contribution is 5.95. The summed E-state index contributed by atoms with van der Waals surface area (Å²) in [6.07, 6.45) is 6.31. The number of ketones is 1. The SMILES string of the molecule is N#CC(=O)C1C2CC3CC(C2)CC1C3. The zero-order chi connectivity index (χ0) is 9.71. The smallest absolute Gasteiger partial charge is 0.235 e. The van der Waals surface area contributed by atoms with Gasteiger partial charge in [-0.3, -0.25) is 4.79 Å². The van der Waals surface area contributed by atoms with Gasteiger partial charge in [0.25, 0.3) is 0 Å². The average Bonchev–Trinajstić information content (AvgIpc) is 2.15. The summed E-state index contributed by atoms with van der Waals surface area (Å²) in [5.74, 6) is 2.91. The molecule has 4 aliphatic rings. The van der Waals surface area contributed by atoms with Crippen LogP contribution in [-0.4, -0.2) is 5.78 Å². The van der Waals surface area contributed by atoms with Crippen LogP contribution < -0.4 is 0 Å². The molecule has 0 N–H and O–H groups in total. The summed E-state index contributed by atoms with van der Waals surface area (Å²) in [4.78, 5) is 11.5. The normalized spacial score (nSPS) is 48.9. The van der Waals surface area contributed by atoms with Gasteiger partial charge < -0.3 is 0 Å². The molecule has 4 fully saturated rings. The van der Waals surface area contributed by atoms with E-state index < -0.39 is 0 Å². The first-order valence-electron chi connectivity index (χ1n) is 5.72. The lowest BCUT2D eigenvalue weighted by molar-refractivity contribution is -0.130. The third-order valence-corrected chi connectivity index (χ3v) is 4.64. The van der Waals surface area contributed by atoms with Crippen LogP contribution in [-0.2, 0) is 4.79 Å². The van der Waals surface area contributed by atoms with Gasteiger partial charge in [0.05, 0.1) is 0 Å². The first-order valence-corrected chi connectivity index (χ1v) is 5.72. The topological polar surface area (TPSA) is 40.9 Å². The molecule has 0 spiro atoms. The minimum absolute atomic E-state index is 0.118. The summed E-state index contributed by atoms with van der Waals surface area (Å²) in [6, 6.07) is 1.85. The van der Waals surface area contributed by atoms with Gasteiger partial charge in [-0.2, -0.15) is 5.26 Å². The van der Waals surface area contributed by atoms with Crippen molar-refractivity contribution >= 4 is 5.78 Å². The van der Waals surface area contributed by atoms with Gasteiger partial charge in [0.1, 0.15) is 6.07 Å². The Bertz CT molecular complexity index is 287.